The first-order valence-electron chi connectivity index (χ1n) is 7.54. The summed E-state index contributed by atoms with van der Waals surface area (Å²) in [6, 6.07) is 17.2. The number of ether oxygens (including phenoxy) is 2. The molecule has 0 aliphatic carbocycles. The molecule has 23 heavy (non-hydrogen) atoms. The molecule has 5 heteroatoms. The van der Waals surface area contributed by atoms with Crippen molar-refractivity contribution >= 4 is 0 Å². The Bertz CT molecular complexity index is 576. The van der Waals surface area contributed by atoms with Gasteiger partial charge in [-0.15, -0.1) is 0 Å². The van der Waals surface area contributed by atoms with Gasteiger partial charge in [-0.2, -0.15) is 5.48 Å². The van der Waals surface area contributed by atoms with Crippen molar-refractivity contribution in [2.45, 2.75) is 19.1 Å². The normalized spacial score (nSPS) is 13.5. The van der Waals surface area contributed by atoms with Crippen molar-refractivity contribution in [2.75, 3.05) is 20.5 Å². The van der Waals surface area contributed by atoms with Gasteiger partial charge in [-0.05, 0) is 18.6 Å². The van der Waals surface area contributed by atoms with Gasteiger partial charge in [0, 0.05) is 12.7 Å². The van der Waals surface area contributed by atoms with E-state index in [2.05, 4.69) is 5.48 Å². The largest absolute Gasteiger partial charge is 0.467 e. The Morgan fingerprint density at radius 1 is 1.04 bits per heavy atom. The molecule has 0 radical (unpaired) electrons. The van der Waals surface area contributed by atoms with Gasteiger partial charge >= 0.3 is 0 Å². The Kier molecular flexibility index (Phi) is 7.03. The van der Waals surface area contributed by atoms with Crippen LogP contribution in [-0.4, -0.2) is 25.6 Å². The lowest BCUT2D eigenvalue weighted by Crippen LogP contribution is -2.24. The average Bonchev–Trinajstić information content (AvgIpc) is 2.61. The van der Waals surface area contributed by atoms with E-state index in [4.69, 9.17) is 14.3 Å². The number of benzene rings is 2. The summed E-state index contributed by atoms with van der Waals surface area (Å²) in [5, 5.41) is 9.53. The van der Waals surface area contributed by atoms with Gasteiger partial charge in [0.2, 0.25) is 0 Å². The average molecular weight is 317 g/mol. The highest BCUT2D eigenvalue weighted by Crippen LogP contribution is 2.26. The van der Waals surface area contributed by atoms with Crippen molar-refractivity contribution in [3.63, 3.8) is 0 Å². The van der Waals surface area contributed by atoms with E-state index in [0.717, 1.165) is 16.9 Å². The second-order valence-electron chi connectivity index (χ2n) is 5.13. The minimum absolute atomic E-state index is 0.106. The molecular formula is C18H23NO4. The summed E-state index contributed by atoms with van der Waals surface area (Å²) in [6.07, 6.45) is -0.425. The lowest BCUT2D eigenvalue weighted by molar-refractivity contribution is -0.0673. The maximum absolute atomic E-state index is 9.53. The van der Waals surface area contributed by atoms with Crippen molar-refractivity contribution in [2.24, 2.45) is 0 Å². The van der Waals surface area contributed by atoms with Crippen molar-refractivity contribution in [3.8, 4) is 5.75 Å². The van der Waals surface area contributed by atoms with E-state index in [0.29, 0.717) is 0 Å². The molecular weight excluding hydrogens is 294 g/mol. The molecule has 2 N–H and O–H groups in total. The third-order valence-electron chi connectivity index (χ3n) is 3.44. The predicted molar refractivity (Wildman–Crippen MR) is 87.9 cm³/mol. The Hall–Kier alpha value is -1.92. The first-order chi connectivity index (χ1) is 11.3. The third kappa shape index (κ3) is 5.04. The van der Waals surface area contributed by atoms with Crippen molar-refractivity contribution in [3.05, 3.63) is 65.7 Å². The number of hydrogen-bond donors (Lipinski definition) is 2. The van der Waals surface area contributed by atoms with Crippen LogP contribution in [0.25, 0.3) is 0 Å². The second kappa shape index (κ2) is 9.27. The molecule has 5 nitrogen and oxygen atoms in total. The number of rotatable bonds is 9. The maximum Gasteiger partial charge on any atom is 0.188 e. The van der Waals surface area contributed by atoms with Crippen molar-refractivity contribution in [1.29, 1.82) is 0 Å². The van der Waals surface area contributed by atoms with Crippen LogP contribution in [0.15, 0.2) is 54.6 Å². The van der Waals surface area contributed by atoms with E-state index in [1.54, 1.807) is 7.11 Å². The number of hydroxylamine groups is 1. The van der Waals surface area contributed by atoms with E-state index >= 15 is 0 Å². The second-order valence-corrected chi connectivity index (χ2v) is 5.13. The van der Waals surface area contributed by atoms with Crippen LogP contribution in [0.3, 0.4) is 0 Å². The van der Waals surface area contributed by atoms with E-state index in [1.807, 2.05) is 61.5 Å². The molecule has 0 heterocycles. The molecule has 0 aromatic heterocycles. The molecule has 0 saturated carbocycles. The van der Waals surface area contributed by atoms with Gasteiger partial charge in [-0.25, -0.2) is 0 Å². The van der Waals surface area contributed by atoms with E-state index in [9.17, 15) is 5.11 Å². The monoisotopic (exact) mass is 317 g/mol. The van der Waals surface area contributed by atoms with E-state index in [1.165, 1.54) is 0 Å². The van der Waals surface area contributed by atoms with Gasteiger partial charge in [0.1, 0.15) is 11.9 Å². The lowest BCUT2D eigenvalue weighted by Gasteiger charge is -2.21. The Morgan fingerprint density at radius 3 is 2.43 bits per heavy atom. The molecule has 0 aliphatic rings. The predicted octanol–water partition coefficient (Wildman–Crippen LogP) is 2.99. The molecule has 0 fully saturated rings. The van der Waals surface area contributed by atoms with Crippen LogP contribution in [0.1, 0.15) is 30.2 Å². The van der Waals surface area contributed by atoms with Crippen LogP contribution in [0.2, 0.25) is 0 Å². The van der Waals surface area contributed by atoms with E-state index < -0.39 is 6.10 Å². The van der Waals surface area contributed by atoms with E-state index in [-0.39, 0.29) is 19.4 Å². The smallest absolute Gasteiger partial charge is 0.188 e. The Labute approximate surface area is 136 Å². The molecule has 2 rings (SSSR count). The molecule has 0 bridgehead atoms. The number of para-hydroxylation sites is 1. The maximum atomic E-state index is 9.53. The van der Waals surface area contributed by atoms with Crippen molar-refractivity contribution in [1.82, 2.24) is 5.48 Å². The zero-order valence-corrected chi connectivity index (χ0v) is 13.4. The quantitative estimate of drug-likeness (QED) is 0.550. The first-order valence-corrected chi connectivity index (χ1v) is 7.54. The highest BCUT2D eigenvalue weighted by atomic mass is 16.7. The number of aliphatic hydroxyl groups is 1. The summed E-state index contributed by atoms with van der Waals surface area (Å²) in [7, 11) is 1.58. The zero-order valence-electron chi connectivity index (χ0n) is 13.4. The third-order valence-corrected chi connectivity index (χ3v) is 3.44. The van der Waals surface area contributed by atoms with Gasteiger partial charge < -0.3 is 14.6 Å². The Morgan fingerprint density at radius 2 is 1.74 bits per heavy atom. The minimum atomic E-state index is -0.425. The summed E-state index contributed by atoms with van der Waals surface area (Å²) in [5.41, 5.74) is 4.85. The lowest BCUT2D eigenvalue weighted by atomic mass is 10.1. The first kappa shape index (κ1) is 17.4. The molecule has 0 aliphatic heterocycles. The van der Waals surface area contributed by atoms with Gasteiger partial charge in [-0.1, -0.05) is 48.5 Å². The fraction of sp³-hybridized carbons (Fsp3) is 0.333. The molecule has 0 spiro atoms. The van der Waals surface area contributed by atoms with Crippen LogP contribution >= 0.6 is 0 Å². The summed E-state index contributed by atoms with van der Waals surface area (Å²) in [6.45, 7) is 2.05. The molecule has 2 atom stereocenters. The topological polar surface area (TPSA) is 60.0 Å². The summed E-state index contributed by atoms with van der Waals surface area (Å²) in [5.74, 6) is 0.734. The fourth-order valence-corrected chi connectivity index (χ4v) is 2.22. The highest BCUT2D eigenvalue weighted by Gasteiger charge is 2.15. The number of nitrogens with one attached hydrogen (secondary N) is 1. The minimum Gasteiger partial charge on any atom is -0.467 e. The summed E-state index contributed by atoms with van der Waals surface area (Å²) >= 11 is 0. The van der Waals surface area contributed by atoms with Gasteiger partial charge in [-0.3, -0.25) is 4.84 Å². The molecule has 2 aromatic rings. The van der Waals surface area contributed by atoms with Gasteiger partial charge in [0.15, 0.2) is 6.79 Å². The standard InChI is InChI=1S/C18H23NO4/c1-14(16-10-6-7-11-17(16)22-13-21-2)19-23-18(12-20)15-8-4-3-5-9-15/h3-11,14,18-20H,12-13H2,1-2H3/t14-,18+/m0/s1. The highest BCUT2D eigenvalue weighted by molar-refractivity contribution is 5.35. The van der Waals surface area contributed by atoms with Crippen LogP contribution in [0.5, 0.6) is 5.75 Å². The van der Waals surface area contributed by atoms with Crippen LogP contribution in [-0.2, 0) is 9.57 Å². The van der Waals surface area contributed by atoms with Crippen LogP contribution < -0.4 is 10.2 Å². The van der Waals surface area contributed by atoms with Crippen LogP contribution in [0.4, 0.5) is 0 Å². The molecule has 124 valence electrons. The van der Waals surface area contributed by atoms with Gasteiger partial charge in [0.25, 0.3) is 0 Å². The van der Waals surface area contributed by atoms with Crippen LogP contribution in [0, 0.1) is 0 Å². The fourth-order valence-electron chi connectivity index (χ4n) is 2.22. The molecule has 0 saturated heterocycles. The molecule has 2 aromatic carbocycles. The van der Waals surface area contributed by atoms with Crippen molar-refractivity contribution < 1.29 is 19.4 Å². The number of hydrogen-bond acceptors (Lipinski definition) is 5. The Balaban J connectivity index is 2.00. The summed E-state index contributed by atoms with van der Waals surface area (Å²) < 4.78 is 10.5. The zero-order chi connectivity index (χ0) is 16.5. The summed E-state index contributed by atoms with van der Waals surface area (Å²) in [4.78, 5) is 5.67. The molecule has 0 unspecified atom stereocenters. The number of aliphatic hydroxyl groups excluding tert-OH is 1. The number of methoxy groups -OCH3 is 1. The van der Waals surface area contributed by atoms with Gasteiger partial charge in [0.05, 0.1) is 12.6 Å². The molecule has 0 amide bonds. The SMILES string of the molecule is COCOc1ccccc1[C@H](C)NO[C@H](CO)c1ccccc1.